The van der Waals surface area contributed by atoms with Gasteiger partial charge in [0.15, 0.2) is 5.82 Å². The summed E-state index contributed by atoms with van der Waals surface area (Å²) in [5.74, 6) is 0.792. The van der Waals surface area contributed by atoms with E-state index in [9.17, 15) is 4.39 Å². The highest BCUT2D eigenvalue weighted by Crippen LogP contribution is 2.23. The third-order valence-electron chi connectivity index (χ3n) is 6.38. The van der Waals surface area contributed by atoms with Crippen LogP contribution in [-0.2, 0) is 12.8 Å². The van der Waals surface area contributed by atoms with Gasteiger partial charge in [0.1, 0.15) is 6.17 Å². The van der Waals surface area contributed by atoms with E-state index in [-0.39, 0.29) is 0 Å². The van der Waals surface area contributed by atoms with E-state index in [1.807, 2.05) is 12.4 Å². The first-order valence-corrected chi connectivity index (χ1v) is 13.3. The lowest BCUT2D eigenvalue weighted by molar-refractivity contribution is 0.287. The summed E-state index contributed by atoms with van der Waals surface area (Å²) < 4.78 is 14.1. The zero-order valence-corrected chi connectivity index (χ0v) is 20.6. The quantitative estimate of drug-likeness (QED) is 0.216. The van der Waals surface area contributed by atoms with Crippen LogP contribution in [0.1, 0.15) is 115 Å². The van der Waals surface area contributed by atoms with Gasteiger partial charge in [-0.2, -0.15) is 0 Å². The summed E-state index contributed by atoms with van der Waals surface area (Å²) in [6.45, 7) is 4.45. The Labute approximate surface area is 196 Å². The van der Waals surface area contributed by atoms with Crippen LogP contribution in [0.25, 0.3) is 11.4 Å². The number of rotatable bonds is 18. The second-order valence-electron chi connectivity index (χ2n) is 9.28. The average molecular weight is 441 g/mol. The molecule has 1 aromatic heterocycles. The number of alkyl halides is 1. The van der Waals surface area contributed by atoms with Gasteiger partial charge in [-0.1, -0.05) is 109 Å². The molecule has 0 radical (unpaired) electrons. The normalized spacial score (nSPS) is 12.2. The van der Waals surface area contributed by atoms with Crippen LogP contribution in [-0.4, -0.2) is 16.1 Å². The minimum atomic E-state index is -0.709. The molecule has 0 fully saturated rings. The number of nitrogens with zero attached hydrogens (tertiary/aromatic N) is 2. The second-order valence-corrected chi connectivity index (χ2v) is 9.28. The fraction of sp³-hybridized carbons (Fsp3) is 0.655. The molecule has 0 amide bonds. The van der Waals surface area contributed by atoms with E-state index in [0.29, 0.717) is 12.8 Å². The molecule has 1 atom stereocenters. The highest BCUT2D eigenvalue weighted by molar-refractivity contribution is 5.59. The van der Waals surface area contributed by atoms with Crippen molar-refractivity contribution in [1.29, 1.82) is 0 Å². The van der Waals surface area contributed by atoms with Crippen molar-refractivity contribution in [3.8, 4) is 11.4 Å². The first kappa shape index (κ1) is 26.5. The molecule has 0 aliphatic carbocycles. The molecule has 2 nitrogen and oxygen atoms in total. The van der Waals surface area contributed by atoms with Gasteiger partial charge in [0.25, 0.3) is 0 Å². The Morgan fingerprint density at radius 2 is 1.28 bits per heavy atom. The highest BCUT2D eigenvalue weighted by Gasteiger charge is 2.10. The number of hydrogen-bond acceptors (Lipinski definition) is 2. The summed E-state index contributed by atoms with van der Waals surface area (Å²) in [5.41, 5.74) is 3.51. The van der Waals surface area contributed by atoms with Crippen LogP contribution >= 0.6 is 0 Å². The summed E-state index contributed by atoms with van der Waals surface area (Å²) in [7, 11) is 0. The molecule has 0 aliphatic heterocycles. The summed E-state index contributed by atoms with van der Waals surface area (Å²) >= 11 is 0. The van der Waals surface area contributed by atoms with Crippen LogP contribution in [0.3, 0.4) is 0 Å². The number of unbranched alkanes of at least 4 members (excludes halogenated alkanes) is 10. The minimum absolute atomic E-state index is 0.573. The van der Waals surface area contributed by atoms with E-state index < -0.39 is 6.17 Å². The summed E-state index contributed by atoms with van der Waals surface area (Å²) in [5, 5.41) is 0. The van der Waals surface area contributed by atoms with Crippen molar-refractivity contribution >= 4 is 0 Å². The molecule has 1 aromatic carbocycles. The van der Waals surface area contributed by atoms with Crippen LogP contribution in [0.4, 0.5) is 4.39 Å². The van der Waals surface area contributed by atoms with E-state index in [2.05, 4.69) is 48.1 Å². The van der Waals surface area contributed by atoms with Crippen molar-refractivity contribution in [3.05, 3.63) is 47.8 Å². The van der Waals surface area contributed by atoms with Gasteiger partial charge in [0, 0.05) is 18.0 Å². The van der Waals surface area contributed by atoms with E-state index in [1.54, 1.807) is 0 Å². The van der Waals surface area contributed by atoms with E-state index in [1.165, 1.54) is 69.8 Å². The number of halogens is 1. The molecule has 0 bridgehead atoms. The van der Waals surface area contributed by atoms with Gasteiger partial charge in [0.05, 0.1) is 0 Å². The van der Waals surface area contributed by atoms with Crippen molar-refractivity contribution < 1.29 is 4.39 Å². The number of benzene rings is 1. The molecule has 0 spiro atoms. The predicted molar refractivity (Wildman–Crippen MR) is 136 cm³/mol. The second kappa shape index (κ2) is 16.8. The Morgan fingerprint density at radius 3 is 1.97 bits per heavy atom. The lowest BCUT2D eigenvalue weighted by atomic mass is 9.99. The van der Waals surface area contributed by atoms with Crippen molar-refractivity contribution in [2.75, 3.05) is 0 Å². The molecule has 32 heavy (non-hydrogen) atoms. The third-order valence-corrected chi connectivity index (χ3v) is 6.38. The fourth-order valence-electron chi connectivity index (χ4n) is 4.29. The van der Waals surface area contributed by atoms with E-state index in [0.717, 1.165) is 42.6 Å². The van der Waals surface area contributed by atoms with Gasteiger partial charge in [-0.3, -0.25) is 0 Å². The number of aromatic nitrogens is 2. The lowest BCUT2D eigenvalue weighted by Gasteiger charge is -2.10. The van der Waals surface area contributed by atoms with Gasteiger partial charge in [-0.05, 0) is 43.2 Å². The molecular formula is C29H45FN2. The summed E-state index contributed by atoms with van der Waals surface area (Å²) in [6.07, 6.45) is 21.4. The molecule has 2 rings (SSSR count). The maximum absolute atomic E-state index is 14.1. The van der Waals surface area contributed by atoms with Crippen molar-refractivity contribution in [1.82, 2.24) is 9.97 Å². The van der Waals surface area contributed by atoms with Crippen LogP contribution in [0, 0.1) is 0 Å². The van der Waals surface area contributed by atoms with Gasteiger partial charge < -0.3 is 0 Å². The maximum Gasteiger partial charge on any atom is 0.159 e. The molecule has 3 heteroatoms. The van der Waals surface area contributed by atoms with Crippen LogP contribution < -0.4 is 0 Å². The number of aryl methyl sites for hydroxylation is 2. The van der Waals surface area contributed by atoms with E-state index >= 15 is 0 Å². The van der Waals surface area contributed by atoms with Gasteiger partial charge in [-0.25, -0.2) is 14.4 Å². The Balaban J connectivity index is 1.77. The third kappa shape index (κ3) is 10.7. The zero-order valence-electron chi connectivity index (χ0n) is 20.6. The van der Waals surface area contributed by atoms with Crippen LogP contribution in [0.15, 0.2) is 36.7 Å². The van der Waals surface area contributed by atoms with Crippen molar-refractivity contribution in [3.63, 3.8) is 0 Å². The Morgan fingerprint density at radius 1 is 0.688 bits per heavy atom. The number of hydrogen-bond donors (Lipinski definition) is 0. The monoisotopic (exact) mass is 440 g/mol. The van der Waals surface area contributed by atoms with Crippen LogP contribution in [0.5, 0.6) is 0 Å². The molecule has 1 unspecified atom stereocenters. The Kier molecular flexibility index (Phi) is 13.9. The molecule has 0 saturated carbocycles. The van der Waals surface area contributed by atoms with Gasteiger partial charge in [0.2, 0.25) is 0 Å². The Hall–Kier alpha value is -1.77. The standard InChI is InChI=1S/C29H45FN2/c1-3-5-7-9-10-11-12-13-17-26-18-15-16-20-28(26)29-31-23-25(24-32-29)21-22-27(30)19-14-8-6-4-2/h15-16,18,20,23-24,27H,3-14,17,19,21-22H2,1-2H3. The Bertz CT molecular complexity index is 713. The summed E-state index contributed by atoms with van der Waals surface area (Å²) in [6, 6.07) is 8.51. The highest BCUT2D eigenvalue weighted by atomic mass is 19.1. The molecule has 0 aliphatic rings. The summed E-state index contributed by atoms with van der Waals surface area (Å²) in [4.78, 5) is 9.25. The van der Waals surface area contributed by atoms with E-state index in [4.69, 9.17) is 0 Å². The van der Waals surface area contributed by atoms with Gasteiger partial charge in [-0.15, -0.1) is 0 Å². The molecule has 0 N–H and O–H groups in total. The van der Waals surface area contributed by atoms with Crippen LogP contribution in [0.2, 0.25) is 0 Å². The molecule has 2 aromatic rings. The topological polar surface area (TPSA) is 25.8 Å². The lowest BCUT2D eigenvalue weighted by Crippen LogP contribution is -2.03. The predicted octanol–water partition coefficient (Wildman–Crippen LogP) is 9.07. The maximum atomic E-state index is 14.1. The molecule has 178 valence electrons. The minimum Gasteiger partial charge on any atom is -0.247 e. The largest absolute Gasteiger partial charge is 0.247 e. The first-order chi connectivity index (χ1) is 15.7. The molecule has 0 saturated heterocycles. The SMILES string of the molecule is CCCCCCCCCCc1ccccc1-c1ncc(CCC(F)CCCCCC)cn1. The fourth-order valence-corrected chi connectivity index (χ4v) is 4.29. The zero-order chi connectivity index (χ0) is 22.9. The smallest absolute Gasteiger partial charge is 0.159 e. The van der Waals surface area contributed by atoms with Crippen molar-refractivity contribution in [2.24, 2.45) is 0 Å². The molecular weight excluding hydrogens is 395 g/mol. The van der Waals surface area contributed by atoms with Gasteiger partial charge >= 0.3 is 0 Å². The molecule has 1 heterocycles. The average Bonchev–Trinajstić information content (AvgIpc) is 2.83. The van der Waals surface area contributed by atoms with Crippen molar-refractivity contribution in [2.45, 2.75) is 123 Å². The first-order valence-electron chi connectivity index (χ1n) is 13.3.